The normalized spacial score (nSPS) is 15.0. The van der Waals surface area contributed by atoms with E-state index >= 15 is 0 Å². The highest BCUT2D eigenvalue weighted by molar-refractivity contribution is 5.21. The quantitative estimate of drug-likeness (QED) is 0.716. The molecule has 0 saturated carbocycles. The lowest BCUT2D eigenvalue weighted by Gasteiger charge is -2.23. The van der Waals surface area contributed by atoms with Crippen LogP contribution in [0.5, 0.6) is 5.75 Å². The van der Waals surface area contributed by atoms with Crippen LogP contribution in [0.15, 0.2) is 30.3 Å². The lowest BCUT2D eigenvalue weighted by molar-refractivity contribution is -0.157. The molecule has 13 heavy (non-hydrogen) atoms. The van der Waals surface area contributed by atoms with Crippen LogP contribution < -0.4 is 4.74 Å². The van der Waals surface area contributed by atoms with Crippen LogP contribution in [-0.2, 0) is 4.74 Å². The number of methoxy groups -OCH3 is 1. The van der Waals surface area contributed by atoms with Gasteiger partial charge in [-0.05, 0) is 12.1 Å². The van der Waals surface area contributed by atoms with Crippen LogP contribution in [0.2, 0.25) is 0 Å². The van der Waals surface area contributed by atoms with Crippen molar-refractivity contribution in [2.75, 3.05) is 13.7 Å². The van der Waals surface area contributed by atoms with Crippen LogP contribution in [0, 0.1) is 0 Å². The maximum absolute atomic E-state index is 9.62. The molecule has 0 aliphatic carbocycles. The van der Waals surface area contributed by atoms with Crippen molar-refractivity contribution in [3.05, 3.63) is 30.3 Å². The molecule has 1 aromatic carbocycles. The Kier molecular flexibility index (Phi) is 3.28. The Morgan fingerprint density at radius 2 is 1.92 bits per heavy atom. The van der Waals surface area contributed by atoms with Crippen molar-refractivity contribution in [3.63, 3.8) is 0 Å². The SMILES string of the molecule is COCC(C)(O)Oc1ccccc1. The van der Waals surface area contributed by atoms with E-state index < -0.39 is 5.79 Å². The van der Waals surface area contributed by atoms with Gasteiger partial charge >= 0.3 is 0 Å². The summed E-state index contributed by atoms with van der Waals surface area (Å²) in [6, 6.07) is 9.14. The van der Waals surface area contributed by atoms with Crippen molar-refractivity contribution in [2.45, 2.75) is 12.7 Å². The summed E-state index contributed by atoms with van der Waals surface area (Å²) in [5.41, 5.74) is 0. The third kappa shape index (κ3) is 3.44. The number of rotatable bonds is 4. The summed E-state index contributed by atoms with van der Waals surface area (Å²) in [5.74, 6) is -0.639. The summed E-state index contributed by atoms with van der Waals surface area (Å²) < 4.78 is 10.1. The molecule has 0 amide bonds. The third-order valence-corrected chi connectivity index (χ3v) is 1.49. The van der Waals surface area contributed by atoms with E-state index in [1.165, 1.54) is 7.11 Å². The molecule has 0 saturated heterocycles. The molecule has 1 atom stereocenters. The molecule has 1 rings (SSSR count). The highest BCUT2D eigenvalue weighted by atomic mass is 16.6. The topological polar surface area (TPSA) is 38.7 Å². The Hall–Kier alpha value is -1.06. The maximum Gasteiger partial charge on any atom is 0.228 e. The summed E-state index contributed by atoms with van der Waals surface area (Å²) in [5, 5.41) is 9.62. The van der Waals surface area contributed by atoms with Gasteiger partial charge in [0, 0.05) is 14.0 Å². The largest absolute Gasteiger partial charge is 0.460 e. The first-order valence-electron chi connectivity index (χ1n) is 4.09. The fourth-order valence-corrected chi connectivity index (χ4v) is 1.04. The first-order chi connectivity index (χ1) is 6.14. The second-order valence-electron chi connectivity index (χ2n) is 3.02. The number of hydrogen-bond donors (Lipinski definition) is 1. The Labute approximate surface area is 77.9 Å². The molecule has 0 fully saturated rings. The van der Waals surface area contributed by atoms with Crippen molar-refractivity contribution in [1.82, 2.24) is 0 Å². The number of benzene rings is 1. The molecule has 1 aromatic rings. The van der Waals surface area contributed by atoms with Gasteiger partial charge in [-0.3, -0.25) is 0 Å². The van der Waals surface area contributed by atoms with E-state index in [2.05, 4.69) is 0 Å². The minimum Gasteiger partial charge on any atom is -0.460 e. The predicted molar refractivity (Wildman–Crippen MR) is 49.6 cm³/mol. The molecule has 1 unspecified atom stereocenters. The van der Waals surface area contributed by atoms with E-state index in [1.807, 2.05) is 18.2 Å². The predicted octanol–water partition coefficient (Wildman–Crippen LogP) is 1.42. The highest BCUT2D eigenvalue weighted by Crippen LogP contribution is 2.15. The van der Waals surface area contributed by atoms with Crippen LogP contribution in [-0.4, -0.2) is 24.6 Å². The maximum atomic E-state index is 9.62. The van der Waals surface area contributed by atoms with E-state index in [0.717, 1.165) is 0 Å². The molecule has 0 aliphatic rings. The van der Waals surface area contributed by atoms with Gasteiger partial charge in [0.25, 0.3) is 0 Å². The van der Waals surface area contributed by atoms with Gasteiger partial charge in [0.05, 0.1) is 0 Å². The van der Waals surface area contributed by atoms with Gasteiger partial charge in [-0.1, -0.05) is 18.2 Å². The molecule has 0 bridgehead atoms. The number of para-hydroxylation sites is 1. The average molecular weight is 182 g/mol. The molecular weight excluding hydrogens is 168 g/mol. The molecule has 0 aliphatic heterocycles. The van der Waals surface area contributed by atoms with Crippen molar-refractivity contribution < 1.29 is 14.6 Å². The number of aliphatic hydroxyl groups is 1. The Morgan fingerprint density at radius 3 is 2.46 bits per heavy atom. The van der Waals surface area contributed by atoms with Crippen molar-refractivity contribution in [1.29, 1.82) is 0 Å². The first-order valence-corrected chi connectivity index (χ1v) is 4.09. The molecule has 3 heteroatoms. The Bertz CT molecular complexity index is 244. The lowest BCUT2D eigenvalue weighted by Crippen LogP contribution is -2.36. The van der Waals surface area contributed by atoms with Gasteiger partial charge in [-0.2, -0.15) is 0 Å². The van der Waals surface area contributed by atoms with Gasteiger partial charge in [-0.15, -0.1) is 0 Å². The molecule has 0 aromatic heterocycles. The summed E-state index contributed by atoms with van der Waals surface area (Å²) in [7, 11) is 1.52. The van der Waals surface area contributed by atoms with E-state index in [-0.39, 0.29) is 6.61 Å². The molecule has 0 heterocycles. The summed E-state index contributed by atoms with van der Waals surface area (Å²) in [6.45, 7) is 1.70. The van der Waals surface area contributed by atoms with Crippen molar-refractivity contribution in [3.8, 4) is 5.75 Å². The van der Waals surface area contributed by atoms with Gasteiger partial charge in [0.1, 0.15) is 12.4 Å². The summed E-state index contributed by atoms with van der Waals surface area (Å²) >= 11 is 0. The molecular formula is C10H14O3. The fourth-order valence-electron chi connectivity index (χ4n) is 1.04. The van der Waals surface area contributed by atoms with Crippen molar-refractivity contribution >= 4 is 0 Å². The van der Waals surface area contributed by atoms with Crippen LogP contribution in [0.1, 0.15) is 6.92 Å². The highest BCUT2D eigenvalue weighted by Gasteiger charge is 2.21. The van der Waals surface area contributed by atoms with Crippen LogP contribution in [0.25, 0.3) is 0 Å². The van der Waals surface area contributed by atoms with Gasteiger partial charge in [0.2, 0.25) is 5.79 Å². The van der Waals surface area contributed by atoms with Crippen LogP contribution in [0.4, 0.5) is 0 Å². The smallest absolute Gasteiger partial charge is 0.228 e. The molecule has 0 spiro atoms. The molecule has 0 radical (unpaired) electrons. The van der Waals surface area contributed by atoms with Gasteiger partial charge in [-0.25, -0.2) is 0 Å². The number of hydrogen-bond acceptors (Lipinski definition) is 3. The standard InChI is InChI=1S/C10H14O3/c1-10(11,8-12-2)13-9-6-4-3-5-7-9/h3-7,11H,8H2,1-2H3. The minimum absolute atomic E-state index is 0.141. The third-order valence-electron chi connectivity index (χ3n) is 1.49. The van der Waals surface area contributed by atoms with E-state index in [9.17, 15) is 5.11 Å². The van der Waals surface area contributed by atoms with Gasteiger partial charge in [0.15, 0.2) is 0 Å². The van der Waals surface area contributed by atoms with E-state index in [0.29, 0.717) is 5.75 Å². The zero-order chi connectivity index (χ0) is 9.73. The lowest BCUT2D eigenvalue weighted by atomic mass is 10.3. The van der Waals surface area contributed by atoms with Crippen LogP contribution in [0.3, 0.4) is 0 Å². The average Bonchev–Trinajstić information content (AvgIpc) is 2.04. The molecule has 72 valence electrons. The Balaban J connectivity index is 2.58. The van der Waals surface area contributed by atoms with Crippen LogP contribution >= 0.6 is 0 Å². The number of ether oxygens (including phenoxy) is 2. The molecule has 3 nitrogen and oxygen atoms in total. The minimum atomic E-state index is -1.27. The zero-order valence-corrected chi connectivity index (χ0v) is 7.86. The van der Waals surface area contributed by atoms with Crippen molar-refractivity contribution in [2.24, 2.45) is 0 Å². The van der Waals surface area contributed by atoms with Gasteiger partial charge < -0.3 is 14.6 Å². The monoisotopic (exact) mass is 182 g/mol. The Morgan fingerprint density at radius 1 is 1.31 bits per heavy atom. The fraction of sp³-hybridized carbons (Fsp3) is 0.400. The summed E-state index contributed by atoms with van der Waals surface area (Å²) in [4.78, 5) is 0. The molecule has 1 N–H and O–H groups in total. The van der Waals surface area contributed by atoms with E-state index in [4.69, 9.17) is 9.47 Å². The second kappa shape index (κ2) is 4.25. The zero-order valence-electron chi connectivity index (χ0n) is 7.86. The second-order valence-corrected chi connectivity index (χ2v) is 3.02. The van der Waals surface area contributed by atoms with E-state index in [1.54, 1.807) is 19.1 Å². The first kappa shape index (κ1) is 10.0. The summed E-state index contributed by atoms with van der Waals surface area (Å²) in [6.07, 6.45) is 0.